The molecule has 0 unspecified atom stereocenters. The molecule has 0 aliphatic rings. The van der Waals surface area contributed by atoms with Crippen molar-refractivity contribution in [1.82, 2.24) is 19.9 Å². The van der Waals surface area contributed by atoms with Crippen LogP contribution in [0.5, 0.6) is 0 Å². The molecule has 0 aromatic heterocycles. The van der Waals surface area contributed by atoms with Gasteiger partial charge in [0.05, 0.1) is 0 Å². The van der Waals surface area contributed by atoms with Gasteiger partial charge in [-0.15, -0.1) is 26.3 Å². The highest BCUT2D eigenvalue weighted by Crippen LogP contribution is 1.85. The lowest BCUT2D eigenvalue weighted by Gasteiger charge is -2.32. The summed E-state index contributed by atoms with van der Waals surface area (Å²) in [5, 5.41) is 0. The first-order valence-corrected chi connectivity index (χ1v) is 7.68. The van der Waals surface area contributed by atoms with Crippen LogP contribution in [-0.4, -0.2) is 34.9 Å². The summed E-state index contributed by atoms with van der Waals surface area (Å²) in [5.41, 5.74) is 0. The molecule has 0 radical (unpaired) electrons. The molecule has 0 saturated heterocycles. The van der Waals surface area contributed by atoms with Crippen LogP contribution < -0.4 is 19.9 Å². The lowest BCUT2D eigenvalue weighted by atomic mass is 10.7. The lowest BCUT2D eigenvalue weighted by Crippen LogP contribution is -2.80. The Bertz CT molecular complexity index is 199. The van der Waals surface area contributed by atoms with E-state index >= 15 is 0 Å². The maximum Gasteiger partial charge on any atom is 0.366 e. The minimum Gasteiger partial charge on any atom is -0.297 e. The minimum atomic E-state index is -2.16. The van der Waals surface area contributed by atoms with Gasteiger partial charge in [-0.05, 0) is 0 Å². The zero-order valence-corrected chi connectivity index (χ0v) is 11.5. The van der Waals surface area contributed by atoms with E-state index in [-0.39, 0.29) is 0 Å². The Morgan fingerprint density at radius 1 is 0.588 bits per heavy atom. The molecule has 17 heavy (non-hydrogen) atoms. The standard InChI is InChI=1S/C12H24N4Si/c1-5-9-13-17(14-10-6-2,15-11-7-3)16-12-8-4/h5-8,13-16H,1-4,9-12H2. The molecule has 0 atom stereocenters. The van der Waals surface area contributed by atoms with Gasteiger partial charge in [-0.2, -0.15) is 0 Å². The van der Waals surface area contributed by atoms with Gasteiger partial charge in [-0.3, -0.25) is 19.9 Å². The lowest BCUT2D eigenvalue weighted by molar-refractivity contribution is 0.754. The first-order valence-electron chi connectivity index (χ1n) is 5.68. The van der Waals surface area contributed by atoms with E-state index in [0.717, 1.165) is 26.2 Å². The van der Waals surface area contributed by atoms with Crippen LogP contribution in [0.25, 0.3) is 0 Å². The molecule has 0 heterocycles. The minimum absolute atomic E-state index is 0.727. The molecule has 4 N–H and O–H groups in total. The molecule has 0 aromatic carbocycles. The van der Waals surface area contributed by atoms with Crippen molar-refractivity contribution in [3.05, 3.63) is 50.6 Å². The van der Waals surface area contributed by atoms with E-state index in [1.165, 1.54) is 0 Å². The molecule has 0 bridgehead atoms. The maximum absolute atomic E-state index is 3.72. The van der Waals surface area contributed by atoms with Crippen LogP contribution in [0.2, 0.25) is 0 Å². The second kappa shape index (κ2) is 10.2. The molecular formula is C12H24N4Si. The Labute approximate surface area is 106 Å². The molecule has 5 heteroatoms. The van der Waals surface area contributed by atoms with E-state index in [1.54, 1.807) is 0 Å². The Hall–Kier alpha value is -0.983. The fourth-order valence-corrected chi connectivity index (χ4v) is 3.83. The highest BCUT2D eigenvalue weighted by molar-refractivity contribution is 6.70. The van der Waals surface area contributed by atoms with Gasteiger partial charge in [0.1, 0.15) is 0 Å². The number of hydrogen-bond acceptors (Lipinski definition) is 4. The van der Waals surface area contributed by atoms with Crippen molar-refractivity contribution in [3.63, 3.8) is 0 Å². The van der Waals surface area contributed by atoms with Crippen molar-refractivity contribution >= 4 is 8.72 Å². The summed E-state index contributed by atoms with van der Waals surface area (Å²) in [6.45, 7) is 17.8. The van der Waals surface area contributed by atoms with Crippen molar-refractivity contribution in [2.75, 3.05) is 26.2 Å². The SMILES string of the molecule is C=CCN[Si](NCC=C)(NCC=C)NCC=C. The molecule has 0 aromatic rings. The fraction of sp³-hybridized carbons (Fsp3) is 0.333. The molecule has 0 aliphatic heterocycles. The predicted molar refractivity (Wildman–Crippen MR) is 78.6 cm³/mol. The molecule has 0 spiro atoms. The average Bonchev–Trinajstić information content (AvgIpc) is 2.37. The molecule has 0 aliphatic carbocycles. The van der Waals surface area contributed by atoms with Gasteiger partial charge in [-0.1, -0.05) is 24.3 Å². The monoisotopic (exact) mass is 252 g/mol. The second-order valence-electron chi connectivity index (χ2n) is 3.43. The zero-order chi connectivity index (χ0) is 13.0. The number of nitrogens with one attached hydrogen (secondary N) is 4. The van der Waals surface area contributed by atoms with Gasteiger partial charge in [0, 0.05) is 26.2 Å². The summed E-state index contributed by atoms with van der Waals surface area (Å²) in [6, 6.07) is 0. The normalized spacial score (nSPS) is 10.8. The van der Waals surface area contributed by atoms with Crippen LogP contribution in [0.3, 0.4) is 0 Å². The van der Waals surface area contributed by atoms with Crippen molar-refractivity contribution in [1.29, 1.82) is 0 Å². The smallest absolute Gasteiger partial charge is 0.297 e. The van der Waals surface area contributed by atoms with Crippen LogP contribution in [0.1, 0.15) is 0 Å². The van der Waals surface area contributed by atoms with Crippen LogP contribution in [-0.2, 0) is 0 Å². The second-order valence-corrected chi connectivity index (χ2v) is 6.34. The fourth-order valence-electron chi connectivity index (χ4n) is 1.28. The molecule has 0 amide bonds. The Morgan fingerprint density at radius 2 is 0.824 bits per heavy atom. The average molecular weight is 252 g/mol. The van der Waals surface area contributed by atoms with E-state index in [1.807, 2.05) is 24.3 Å². The zero-order valence-electron chi connectivity index (χ0n) is 10.5. The summed E-state index contributed by atoms with van der Waals surface area (Å²) in [6.07, 6.45) is 7.34. The van der Waals surface area contributed by atoms with Crippen molar-refractivity contribution in [3.8, 4) is 0 Å². The van der Waals surface area contributed by atoms with Crippen LogP contribution in [0.15, 0.2) is 50.6 Å². The van der Waals surface area contributed by atoms with Crippen molar-refractivity contribution < 1.29 is 0 Å². The largest absolute Gasteiger partial charge is 0.366 e. The maximum atomic E-state index is 3.72. The predicted octanol–water partition coefficient (Wildman–Crippen LogP) is 0.524. The van der Waals surface area contributed by atoms with Gasteiger partial charge in [0.15, 0.2) is 0 Å². The van der Waals surface area contributed by atoms with E-state index in [4.69, 9.17) is 0 Å². The Kier molecular flexibility index (Phi) is 9.60. The Balaban J connectivity index is 4.59. The van der Waals surface area contributed by atoms with Crippen LogP contribution in [0, 0.1) is 0 Å². The summed E-state index contributed by atoms with van der Waals surface area (Å²) in [5.74, 6) is 0. The molecule has 96 valence electrons. The van der Waals surface area contributed by atoms with Gasteiger partial charge in [0.2, 0.25) is 0 Å². The van der Waals surface area contributed by atoms with Gasteiger partial charge < -0.3 is 0 Å². The highest BCUT2D eigenvalue weighted by atomic mass is 28.4. The number of hydrogen-bond donors (Lipinski definition) is 4. The molecule has 0 saturated carbocycles. The summed E-state index contributed by atoms with van der Waals surface area (Å²) < 4.78 is 0. The van der Waals surface area contributed by atoms with Crippen LogP contribution >= 0.6 is 0 Å². The summed E-state index contributed by atoms with van der Waals surface area (Å²) in [7, 11) is -2.16. The highest BCUT2D eigenvalue weighted by Gasteiger charge is 2.31. The van der Waals surface area contributed by atoms with E-state index < -0.39 is 8.72 Å². The summed E-state index contributed by atoms with van der Waals surface area (Å²) >= 11 is 0. The van der Waals surface area contributed by atoms with Crippen molar-refractivity contribution in [2.24, 2.45) is 0 Å². The third-order valence-corrected chi connectivity index (χ3v) is 4.98. The molecular weight excluding hydrogens is 228 g/mol. The summed E-state index contributed by atoms with van der Waals surface area (Å²) in [4.78, 5) is 13.7. The van der Waals surface area contributed by atoms with Gasteiger partial charge in [-0.25, -0.2) is 0 Å². The molecule has 4 nitrogen and oxygen atoms in total. The van der Waals surface area contributed by atoms with E-state index in [0.29, 0.717) is 0 Å². The third kappa shape index (κ3) is 7.04. The molecule has 0 fully saturated rings. The van der Waals surface area contributed by atoms with Gasteiger partial charge in [0.25, 0.3) is 0 Å². The van der Waals surface area contributed by atoms with Crippen LogP contribution in [0.4, 0.5) is 0 Å². The van der Waals surface area contributed by atoms with E-state index in [2.05, 4.69) is 46.2 Å². The van der Waals surface area contributed by atoms with E-state index in [9.17, 15) is 0 Å². The topological polar surface area (TPSA) is 48.1 Å². The molecule has 0 rings (SSSR count). The quantitative estimate of drug-likeness (QED) is 0.302. The first kappa shape index (κ1) is 16.0. The Morgan fingerprint density at radius 3 is 1.00 bits per heavy atom. The number of rotatable bonds is 12. The third-order valence-electron chi connectivity index (χ3n) is 2.05. The van der Waals surface area contributed by atoms with Gasteiger partial charge >= 0.3 is 8.72 Å². The first-order chi connectivity index (χ1) is 8.24. The van der Waals surface area contributed by atoms with Crippen molar-refractivity contribution in [2.45, 2.75) is 0 Å².